The molecule has 94 valence electrons. The standard InChI is InChI=1S/C12H18FN3O/c1-8-6-9(14)7-10(11(8)13)12(17)15-4-5-16(2)3/h6-7H,4-5,14H2,1-3H3,(H,15,17). The number of nitrogen functional groups attached to an aromatic ring is 1. The number of hydrogen-bond acceptors (Lipinski definition) is 3. The molecule has 17 heavy (non-hydrogen) atoms. The van der Waals surface area contributed by atoms with Crippen molar-refractivity contribution in [2.75, 3.05) is 32.9 Å². The lowest BCUT2D eigenvalue weighted by atomic mass is 10.1. The van der Waals surface area contributed by atoms with Gasteiger partial charge in [-0.3, -0.25) is 4.79 Å². The SMILES string of the molecule is Cc1cc(N)cc(C(=O)NCCN(C)C)c1F. The predicted molar refractivity (Wildman–Crippen MR) is 66.4 cm³/mol. The Bertz CT molecular complexity index is 418. The lowest BCUT2D eigenvalue weighted by Gasteiger charge is -2.11. The van der Waals surface area contributed by atoms with Crippen LogP contribution in [-0.2, 0) is 0 Å². The molecule has 1 aromatic carbocycles. The molecule has 0 bridgehead atoms. The number of rotatable bonds is 4. The predicted octanol–water partition coefficient (Wildman–Crippen LogP) is 1.01. The summed E-state index contributed by atoms with van der Waals surface area (Å²) in [5.41, 5.74) is 6.36. The monoisotopic (exact) mass is 239 g/mol. The number of carbonyl (C=O) groups is 1. The van der Waals surface area contributed by atoms with Crippen molar-refractivity contribution < 1.29 is 9.18 Å². The van der Waals surface area contributed by atoms with E-state index in [1.807, 2.05) is 19.0 Å². The molecule has 0 saturated heterocycles. The van der Waals surface area contributed by atoms with E-state index in [4.69, 9.17) is 5.73 Å². The van der Waals surface area contributed by atoms with Gasteiger partial charge in [-0.05, 0) is 38.7 Å². The van der Waals surface area contributed by atoms with E-state index in [1.165, 1.54) is 12.1 Å². The molecule has 0 unspecified atom stereocenters. The van der Waals surface area contributed by atoms with Crippen LogP contribution in [0.4, 0.5) is 10.1 Å². The molecule has 1 rings (SSSR count). The fourth-order valence-corrected chi connectivity index (χ4v) is 1.45. The van der Waals surface area contributed by atoms with E-state index in [1.54, 1.807) is 6.92 Å². The van der Waals surface area contributed by atoms with Gasteiger partial charge in [0.2, 0.25) is 0 Å². The van der Waals surface area contributed by atoms with Crippen molar-refractivity contribution in [2.24, 2.45) is 0 Å². The van der Waals surface area contributed by atoms with Gasteiger partial charge in [0, 0.05) is 18.8 Å². The number of nitrogens with two attached hydrogens (primary N) is 1. The molecule has 0 saturated carbocycles. The normalized spacial score (nSPS) is 10.6. The average Bonchev–Trinajstić information content (AvgIpc) is 2.22. The van der Waals surface area contributed by atoms with Crippen LogP contribution in [0, 0.1) is 12.7 Å². The van der Waals surface area contributed by atoms with Crippen LogP contribution < -0.4 is 11.1 Å². The number of halogens is 1. The Morgan fingerprint density at radius 3 is 2.71 bits per heavy atom. The van der Waals surface area contributed by atoms with Crippen LogP contribution in [0.1, 0.15) is 15.9 Å². The molecule has 0 fully saturated rings. The number of anilines is 1. The van der Waals surface area contributed by atoms with E-state index in [9.17, 15) is 9.18 Å². The number of amides is 1. The maximum atomic E-state index is 13.7. The van der Waals surface area contributed by atoms with Crippen LogP contribution in [0.2, 0.25) is 0 Å². The minimum absolute atomic E-state index is 0.00116. The third-order valence-corrected chi connectivity index (χ3v) is 2.37. The molecule has 0 atom stereocenters. The zero-order valence-electron chi connectivity index (χ0n) is 10.4. The molecule has 0 aliphatic heterocycles. The average molecular weight is 239 g/mol. The van der Waals surface area contributed by atoms with Crippen molar-refractivity contribution in [2.45, 2.75) is 6.92 Å². The first kappa shape index (κ1) is 13.4. The van der Waals surface area contributed by atoms with Gasteiger partial charge in [-0.25, -0.2) is 4.39 Å². The molecule has 0 heterocycles. The van der Waals surface area contributed by atoms with Gasteiger partial charge < -0.3 is 16.0 Å². The zero-order chi connectivity index (χ0) is 13.0. The molecule has 4 nitrogen and oxygen atoms in total. The highest BCUT2D eigenvalue weighted by atomic mass is 19.1. The Hall–Kier alpha value is -1.62. The Balaban J connectivity index is 2.75. The number of likely N-dealkylation sites (N-methyl/N-ethyl adjacent to an activating group) is 1. The number of hydrogen-bond donors (Lipinski definition) is 2. The number of carbonyl (C=O) groups excluding carboxylic acids is 1. The first-order valence-electron chi connectivity index (χ1n) is 5.40. The quantitative estimate of drug-likeness (QED) is 0.771. The number of benzene rings is 1. The molecule has 0 aliphatic carbocycles. The fraction of sp³-hybridized carbons (Fsp3) is 0.417. The summed E-state index contributed by atoms with van der Waals surface area (Å²) in [7, 11) is 3.80. The molecule has 0 radical (unpaired) electrons. The van der Waals surface area contributed by atoms with Crippen LogP contribution in [-0.4, -0.2) is 38.0 Å². The highest BCUT2D eigenvalue weighted by molar-refractivity contribution is 5.95. The summed E-state index contributed by atoms with van der Waals surface area (Å²) < 4.78 is 13.7. The third kappa shape index (κ3) is 3.71. The summed E-state index contributed by atoms with van der Waals surface area (Å²) in [4.78, 5) is 13.7. The molecule has 1 amide bonds. The molecule has 1 aromatic rings. The van der Waals surface area contributed by atoms with Crippen LogP contribution in [0.3, 0.4) is 0 Å². The third-order valence-electron chi connectivity index (χ3n) is 2.37. The summed E-state index contributed by atoms with van der Waals surface area (Å²) in [6, 6.07) is 2.86. The summed E-state index contributed by atoms with van der Waals surface area (Å²) in [5, 5.41) is 2.65. The lowest BCUT2D eigenvalue weighted by molar-refractivity contribution is 0.0947. The lowest BCUT2D eigenvalue weighted by Crippen LogP contribution is -2.32. The van der Waals surface area contributed by atoms with Gasteiger partial charge in [0.05, 0.1) is 5.56 Å². The van der Waals surface area contributed by atoms with Gasteiger partial charge in [-0.2, -0.15) is 0 Å². The van der Waals surface area contributed by atoms with Crippen molar-refractivity contribution >= 4 is 11.6 Å². The minimum atomic E-state index is -0.512. The highest BCUT2D eigenvalue weighted by Gasteiger charge is 2.14. The Morgan fingerprint density at radius 2 is 2.12 bits per heavy atom. The smallest absolute Gasteiger partial charge is 0.254 e. The molecule has 0 aromatic heterocycles. The maximum absolute atomic E-state index is 13.7. The van der Waals surface area contributed by atoms with Gasteiger partial charge in [0.15, 0.2) is 0 Å². The molecule has 0 spiro atoms. The number of nitrogens with zero attached hydrogens (tertiary/aromatic N) is 1. The topological polar surface area (TPSA) is 58.4 Å². The van der Waals surface area contributed by atoms with Crippen LogP contribution in [0.25, 0.3) is 0 Å². The minimum Gasteiger partial charge on any atom is -0.399 e. The van der Waals surface area contributed by atoms with Gasteiger partial charge >= 0.3 is 0 Å². The zero-order valence-corrected chi connectivity index (χ0v) is 10.4. The summed E-state index contributed by atoms with van der Waals surface area (Å²) in [6.07, 6.45) is 0. The molecule has 0 aliphatic rings. The number of aryl methyl sites for hydroxylation is 1. The van der Waals surface area contributed by atoms with Gasteiger partial charge in [0.1, 0.15) is 5.82 Å². The fourth-order valence-electron chi connectivity index (χ4n) is 1.45. The Morgan fingerprint density at radius 1 is 1.47 bits per heavy atom. The van der Waals surface area contributed by atoms with Gasteiger partial charge in [-0.1, -0.05) is 0 Å². The molecular weight excluding hydrogens is 221 g/mol. The van der Waals surface area contributed by atoms with Crippen molar-refractivity contribution in [3.05, 3.63) is 29.1 Å². The van der Waals surface area contributed by atoms with Crippen molar-refractivity contribution in [3.8, 4) is 0 Å². The maximum Gasteiger partial charge on any atom is 0.254 e. The van der Waals surface area contributed by atoms with Gasteiger partial charge in [0.25, 0.3) is 5.91 Å². The first-order chi connectivity index (χ1) is 7.91. The second-order valence-corrected chi connectivity index (χ2v) is 4.26. The van der Waals surface area contributed by atoms with Crippen LogP contribution >= 0.6 is 0 Å². The van der Waals surface area contributed by atoms with Crippen LogP contribution in [0.15, 0.2) is 12.1 Å². The second kappa shape index (κ2) is 5.63. The van der Waals surface area contributed by atoms with E-state index >= 15 is 0 Å². The van der Waals surface area contributed by atoms with Crippen molar-refractivity contribution in [1.29, 1.82) is 0 Å². The second-order valence-electron chi connectivity index (χ2n) is 4.26. The molecular formula is C12H18FN3O. The first-order valence-corrected chi connectivity index (χ1v) is 5.40. The van der Waals surface area contributed by atoms with Gasteiger partial charge in [-0.15, -0.1) is 0 Å². The summed E-state index contributed by atoms with van der Waals surface area (Å²) in [6.45, 7) is 2.76. The van der Waals surface area contributed by atoms with Crippen molar-refractivity contribution in [3.63, 3.8) is 0 Å². The Kier molecular flexibility index (Phi) is 4.45. The molecule has 3 N–H and O–H groups in total. The van der Waals surface area contributed by atoms with Crippen molar-refractivity contribution in [1.82, 2.24) is 10.2 Å². The number of nitrogens with one attached hydrogen (secondary N) is 1. The van der Waals surface area contributed by atoms with E-state index < -0.39 is 11.7 Å². The van der Waals surface area contributed by atoms with E-state index in [0.29, 0.717) is 24.3 Å². The highest BCUT2D eigenvalue weighted by Crippen LogP contribution is 2.16. The largest absolute Gasteiger partial charge is 0.399 e. The molecule has 5 heteroatoms. The Labute approximate surface area is 101 Å². The summed E-state index contributed by atoms with van der Waals surface area (Å²) >= 11 is 0. The van der Waals surface area contributed by atoms with Crippen LogP contribution in [0.5, 0.6) is 0 Å². The summed E-state index contributed by atoms with van der Waals surface area (Å²) in [5.74, 6) is -0.943. The van der Waals surface area contributed by atoms with E-state index in [-0.39, 0.29) is 5.56 Å². The van der Waals surface area contributed by atoms with E-state index in [0.717, 1.165) is 0 Å². The van der Waals surface area contributed by atoms with E-state index in [2.05, 4.69) is 5.32 Å².